The zero-order valence-electron chi connectivity index (χ0n) is 8.96. The fourth-order valence-electron chi connectivity index (χ4n) is 1.76. The molecule has 16 heavy (non-hydrogen) atoms. The van der Waals surface area contributed by atoms with Crippen LogP contribution in [-0.2, 0) is 9.84 Å². The van der Waals surface area contributed by atoms with E-state index < -0.39 is 9.84 Å². The predicted molar refractivity (Wildman–Crippen MR) is 63.8 cm³/mol. The van der Waals surface area contributed by atoms with E-state index in [-0.39, 0.29) is 6.04 Å². The molecule has 4 heteroatoms. The molecule has 86 valence electrons. The van der Waals surface area contributed by atoms with Crippen molar-refractivity contribution < 1.29 is 8.42 Å². The number of hydrogen-bond acceptors (Lipinski definition) is 3. The minimum absolute atomic E-state index is 0.207. The van der Waals surface area contributed by atoms with Gasteiger partial charge in [0.1, 0.15) is 0 Å². The first kappa shape index (κ1) is 11.4. The highest BCUT2D eigenvalue weighted by molar-refractivity contribution is 7.94. The molecular weight excluding hydrogens is 222 g/mol. The van der Waals surface area contributed by atoms with E-state index in [1.54, 1.807) is 36.4 Å². The van der Waals surface area contributed by atoms with Gasteiger partial charge in [0.2, 0.25) is 0 Å². The van der Waals surface area contributed by atoms with Gasteiger partial charge in [0, 0.05) is 11.4 Å². The van der Waals surface area contributed by atoms with Gasteiger partial charge in [-0.2, -0.15) is 0 Å². The number of nitrogens with one attached hydrogen (secondary N) is 1. The first-order chi connectivity index (χ1) is 7.68. The van der Waals surface area contributed by atoms with Gasteiger partial charge in [-0.15, -0.1) is 0 Å². The monoisotopic (exact) mass is 237 g/mol. The van der Waals surface area contributed by atoms with E-state index in [2.05, 4.69) is 5.32 Å². The number of benzene rings is 1. The van der Waals surface area contributed by atoms with E-state index in [0.29, 0.717) is 4.90 Å². The Morgan fingerprint density at radius 2 is 2.00 bits per heavy atom. The van der Waals surface area contributed by atoms with Gasteiger partial charge in [0.25, 0.3) is 0 Å². The zero-order chi connectivity index (χ0) is 11.4. The molecule has 1 atom stereocenters. The number of sulfone groups is 1. The van der Waals surface area contributed by atoms with Crippen LogP contribution in [0.25, 0.3) is 0 Å². The lowest BCUT2D eigenvalue weighted by Crippen LogP contribution is -2.18. The average molecular weight is 237 g/mol. The Morgan fingerprint density at radius 3 is 2.62 bits per heavy atom. The minimum atomic E-state index is -3.27. The second kappa shape index (κ2) is 4.80. The van der Waals surface area contributed by atoms with Crippen LogP contribution in [0.1, 0.15) is 12.8 Å². The minimum Gasteiger partial charge on any atom is -0.310 e. The molecule has 0 spiro atoms. The summed E-state index contributed by atoms with van der Waals surface area (Å²) in [5.41, 5.74) is 0. The summed E-state index contributed by atoms with van der Waals surface area (Å²) in [6.45, 7) is 0.973. The predicted octanol–water partition coefficient (Wildman–Crippen LogP) is 1.73. The summed E-state index contributed by atoms with van der Waals surface area (Å²) in [5, 5.41) is 4.54. The summed E-state index contributed by atoms with van der Waals surface area (Å²) in [6, 6.07) is 8.70. The molecule has 1 heterocycles. The fraction of sp³-hybridized carbons (Fsp3) is 0.333. The molecule has 0 bridgehead atoms. The third-order valence-corrected chi connectivity index (χ3v) is 4.10. The van der Waals surface area contributed by atoms with Crippen LogP contribution in [0.2, 0.25) is 0 Å². The molecule has 0 radical (unpaired) electrons. The van der Waals surface area contributed by atoms with Gasteiger partial charge in [-0.3, -0.25) is 0 Å². The molecular formula is C12H15NO2S. The highest BCUT2D eigenvalue weighted by Crippen LogP contribution is 2.13. The molecule has 3 nitrogen and oxygen atoms in total. The van der Waals surface area contributed by atoms with Crippen molar-refractivity contribution in [2.45, 2.75) is 23.8 Å². The van der Waals surface area contributed by atoms with Crippen molar-refractivity contribution in [3.63, 3.8) is 0 Å². The molecule has 1 unspecified atom stereocenters. The van der Waals surface area contributed by atoms with Crippen LogP contribution in [0, 0.1) is 0 Å². The highest BCUT2D eigenvalue weighted by Gasteiger charge is 2.13. The van der Waals surface area contributed by atoms with Crippen molar-refractivity contribution in [1.82, 2.24) is 5.32 Å². The smallest absolute Gasteiger partial charge is 0.199 e. The van der Waals surface area contributed by atoms with Gasteiger partial charge in [-0.1, -0.05) is 24.3 Å². The normalized spacial score (nSPS) is 21.6. The highest BCUT2D eigenvalue weighted by atomic mass is 32.2. The second-order valence-electron chi connectivity index (χ2n) is 3.89. The summed E-state index contributed by atoms with van der Waals surface area (Å²) < 4.78 is 23.7. The Kier molecular flexibility index (Phi) is 3.41. The van der Waals surface area contributed by atoms with Crippen LogP contribution >= 0.6 is 0 Å². The Balaban J connectivity index is 2.14. The molecule has 1 aliphatic heterocycles. The van der Waals surface area contributed by atoms with E-state index in [9.17, 15) is 8.42 Å². The lowest BCUT2D eigenvalue weighted by Gasteiger charge is -2.03. The Hall–Kier alpha value is -1.13. The molecule has 1 N–H and O–H groups in total. The maximum Gasteiger partial charge on any atom is 0.199 e. The van der Waals surface area contributed by atoms with Gasteiger partial charge in [-0.05, 0) is 31.5 Å². The summed E-state index contributed by atoms with van der Waals surface area (Å²) in [4.78, 5) is 0.351. The maximum atomic E-state index is 11.9. The lowest BCUT2D eigenvalue weighted by atomic mass is 10.2. The molecule has 1 aromatic rings. The van der Waals surface area contributed by atoms with Crippen molar-refractivity contribution in [1.29, 1.82) is 0 Å². The van der Waals surface area contributed by atoms with Crippen molar-refractivity contribution >= 4 is 9.84 Å². The van der Waals surface area contributed by atoms with Crippen LogP contribution in [0.4, 0.5) is 0 Å². The van der Waals surface area contributed by atoms with E-state index in [1.165, 1.54) is 5.41 Å². The van der Waals surface area contributed by atoms with E-state index in [1.807, 2.05) is 0 Å². The maximum absolute atomic E-state index is 11.9. The quantitative estimate of drug-likeness (QED) is 0.870. The first-order valence-electron chi connectivity index (χ1n) is 5.40. The molecule has 1 saturated heterocycles. The third kappa shape index (κ3) is 2.71. The number of hydrogen-bond donors (Lipinski definition) is 1. The van der Waals surface area contributed by atoms with Gasteiger partial charge in [0.05, 0.1) is 4.90 Å². The van der Waals surface area contributed by atoms with Crippen LogP contribution < -0.4 is 5.32 Å². The van der Waals surface area contributed by atoms with Crippen molar-refractivity contribution in [2.24, 2.45) is 0 Å². The molecule has 0 aliphatic carbocycles. The molecule has 0 aromatic heterocycles. The summed E-state index contributed by atoms with van der Waals surface area (Å²) in [5.74, 6) is 0. The largest absolute Gasteiger partial charge is 0.310 e. The van der Waals surface area contributed by atoms with Crippen molar-refractivity contribution in [2.75, 3.05) is 6.54 Å². The van der Waals surface area contributed by atoms with E-state index in [0.717, 1.165) is 19.4 Å². The average Bonchev–Trinajstić information content (AvgIpc) is 2.81. The Bertz CT molecular complexity index is 459. The number of rotatable bonds is 3. The van der Waals surface area contributed by atoms with E-state index >= 15 is 0 Å². The SMILES string of the molecule is O=S(=O)(/C=C/C1CCCN1)c1ccccc1. The van der Waals surface area contributed by atoms with Gasteiger partial charge >= 0.3 is 0 Å². The first-order valence-corrected chi connectivity index (χ1v) is 6.95. The zero-order valence-corrected chi connectivity index (χ0v) is 9.78. The van der Waals surface area contributed by atoms with Gasteiger partial charge in [0.15, 0.2) is 9.84 Å². The summed E-state index contributed by atoms with van der Waals surface area (Å²) in [7, 11) is -3.27. The summed E-state index contributed by atoms with van der Waals surface area (Å²) in [6.07, 6.45) is 3.87. The van der Waals surface area contributed by atoms with Crippen LogP contribution in [0.5, 0.6) is 0 Å². The van der Waals surface area contributed by atoms with Gasteiger partial charge in [-0.25, -0.2) is 8.42 Å². The molecule has 1 aliphatic rings. The van der Waals surface area contributed by atoms with E-state index in [4.69, 9.17) is 0 Å². The van der Waals surface area contributed by atoms with Crippen molar-refractivity contribution in [3.05, 3.63) is 41.8 Å². The Labute approximate surface area is 96.1 Å². The van der Waals surface area contributed by atoms with Crippen molar-refractivity contribution in [3.8, 4) is 0 Å². The standard InChI is InChI=1S/C12H15NO2S/c14-16(15,12-6-2-1-3-7-12)10-8-11-5-4-9-13-11/h1-3,6-8,10-11,13H,4-5,9H2/b10-8+. The molecule has 1 aromatic carbocycles. The Morgan fingerprint density at radius 1 is 1.25 bits per heavy atom. The van der Waals surface area contributed by atoms with Crippen LogP contribution in [0.3, 0.4) is 0 Å². The lowest BCUT2D eigenvalue weighted by molar-refractivity contribution is 0.604. The molecule has 0 saturated carbocycles. The molecule has 1 fully saturated rings. The van der Waals surface area contributed by atoms with Gasteiger partial charge < -0.3 is 5.32 Å². The fourth-order valence-corrected chi connectivity index (χ4v) is 2.85. The van der Waals surface area contributed by atoms with Crippen LogP contribution in [0.15, 0.2) is 46.7 Å². The molecule has 2 rings (SSSR count). The third-order valence-electron chi connectivity index (χ3n) is 2.66. The van der Waals surface area contributed by atoms with Crippen LogP contribution in [-0.4, -0.2) is 21.0 Å². The topological polar surface area (TPSA) is 46.2 Å². The second-order valence-corrected chi connectivity index (χ2v) is 5.72. The summed E-state index contributed by atoms with van der Waals surface area (Å²) >= 11 is 0. The molecule has 0 amide bonds.